The van der Waals surface area contributed by atoms with Gasteiger partial charge in [0.15, 0.2) is 5.82 Å². The first-order valence-corrected chi connectivity index (χ1v) is 7.71. The van der Waals surface area contributed by atoms with Crippen molar-refractivity contribution in [2.24, 2.45) is 5.92 Å². The summed E-state index contributed by atoms with van der Waals surface area (Å²) >= 11 is 0. The van der Waals surface area contributed by atoms with Gasteiger partial charge in [-0.15, -0.1) is 0 Å². The Morgan fingerprint density at radius 3 is 2.91 bits per heavy atom. The number of hydrogen-bond acceptors (Lipinski definition) is 2. The summed E-state index contributed by atoms with van der Waals surface area (Å²) in [6, 6.07) is 9.28. The van der Waals surface area contributed by atoms with Crippen molar-refractivity contribution in [3.8, 4) is 0 Å². The maximum atomic E-state index is 13.7. The zero-order chi connectivity index (χ0) is 15.8. The van der Waals surface area contributed by atoms with Gasteiger partial charge in [0.2, 0.25) is 0 Å². The van der Waals surface area contributed by atoms with Gasteiger partial charge in [-0.05, 0) is 30.9 Å². The lowest BCUT2D eigenvalue weighted by Crippen LogP contribution is -2.12. The number of para-hydroxylation sites is 1. The summed E-state index contributed by atoms with van der Waals surface area (Å²) in [5, 5.41) is 3.52. The molecule has 1 N–H and O–H groups in total. The van der Waals surface area contributed by atoms with E-state index in [4.69, 9.17) is 0 Å². The van der Waals surface area contributed by atoms with Gasteiger partial charge in [0.1, 0.15) is 0 Å². The van der Waals surface area contributed by atoms with Gasteiger partial charge < -0.3 is 9.88 Å². The van der Waals surface area contributed by atoms with Crippen LogP contribution < -0.4 is 5.32 Å². The molecule has 1 aromatic carbocycles. The minimum atomic E-state index is -0.539. The van der Waals surface area contributed by atoms with Crippen LogP contribution in [0.2, 0.25) is 0 Å². The molecular formula is C18H16FN3O. The molecule has 2 aromatic heterocycles. The van der Waals surface area contributed by atoms with Crippen LogP contribution in [0.5, 0.6) is 0 Å². The van der Waals surface area contributed by atoms with E-state index in [0.717, 1.165) is 23.6 Å². The quantitative estimate of drug-likeness (QED) is 0.796. The number of fused-ring (bicyclic) bond motifs is 1. The lowest BCUT2D eigenvalue weighted by molar-refractivity contribution is 0.102. The average Bonchev–Trinajstić information content (AvgIpc) is 3.30. The summed E-state index contributed by atoms with van der Waals surface area (Å²) in [6.45, 7) is 0.928. The topological polar surface area (TPSA) is 46.9 Å². The Morgan fingerprint density at radius 1 is 1.30 bits per heavy atom. The molecule has 2 heterocycles. The zero-order valence-corrected chi connectivity index (χ0v) is 12.5. The van der Waals surface area contributed by atoms with Gasteiger partial charge in [0.05, 0.1) is 17.4 Å². The number of rotatable bonds is 4. The van der Waals surface area contributed by atoms with E-state index in [0.29, 0.717) is 11.5 Å². The summed E-state index contributed by atoms with van der Waals surface area (Å²) in [5.41, 5.74) is 1.75. The Balaban J connectivity index is 1.70. The maximum Gasteiger partial charge on any atom is 0.257 e. The van der Waals surface area contributed by atoms with Crippen LogP contribution in [-0.4, -0.2) is 15.5 Å². The molecular weight excluding hydrogens is 293 g/mol. The third kappa shape index (κ3) is 2.70. The molecule has 4 nitrogen and oxygen atoms in total. The Labute approximate surface area is 133 Å². The second kappa shape index (κ2) is 5.50. The van der Waals surface area contributed by atoms with Crippen molar-refractivity contribution in [1.29, 1.82) is 0 Å². The molecule has 5 heteroatoms. The van der Waals surface area contributed by atoms with E-state index in [-0.39, 0.29) is 11.6 Å². The predicted molar refractivity (Wildman–Crippen MR) is 86.8 cm³/mol. The molecule has 4 rings (SSSR count). The summed E-state index contributed by atoms with van der Waals surface area (Å²) in [7, 11) is 0. The number of carbonyl (C=O) groups excluding carboxylic acids is 1. The Bertz CT molecular complexity index is 883. The van der Waals surface area contributed by atoms with Gasteiger partial charge in [-0.2, -0.15) is 0 Å². The highest BCUT2D eigenvalue weighted by atomic mass is 19.1. The van der Waals surface area contributed by atoms with Crippen molar-refractivity contribution < 1.29 is 9.18 Å². The monoisotopic (exact) mass is 309 g/mol. The molecule has 1 amide bonds. The Hall–Kier alpha value is -2.69. The van der Waals surface area contributed by atoms with Crippen LogP contribution >= 0.6 is 0 Å². The minimum Gasteiger partial charge on any atom is -0.346 e. The van der Waals surface area contributed by atoms with E-state index in [1.165, 1.54) is 25.1 Å². The van der Waals surface area contributed by atoms with Crippen LogP contribution in [0, 0.1) is 11.7 Å². The molecule has 0 unspecified atom stereocenters. The summed E-state index contributed by atoms with van der Waals surface area (Å²) < 4.78 is 15.8. The van der Waals surface area contributed by atoms with E-state index in [1.54, 1.807) is 0 Å². The number of nitrogens with one attached hydrogen (secondary N) is 1. The van der Waals surface area contributed by atoms with Gasteiger partial charge in [0.25, 0.3) is 5.91 Å². The number of nitrogens with zero attached hydrogens (tertiary/aromatic N) is 2. The van der Waals surface area contributed by atoms with Crippen molar-refractivity contribution in [2.75, 3.05) is 5.32 Å². The Kier molecular flexibility index (Phi) is 3.33. The fraction of sp³-hybridized carbons (Fsp3) is 0.222. The molecule has 3 aromatic rings. The van der Waals surface area contributed by atoms with Crippen LogP contribution in [0.3, 0.4) is 0 Å². The summed E-state index contributed by atoms with van der Waals surface area (Å²) in [6.07, 6.45) is 6.91. The molecule has 1 saturated carbocycles. The largest absolute Gasteiger partial charge is 0.346 e. The molecule has 1 aliphatic rings. The first-order chi connectivity index (χ1) is 11.2. The molecule has 0 atom stereocenters. The zero-order valence-electron chi connectivity index (χ0n) is 12.5. The van der Waals surface area contributed by atoms with Crippen LogP contribution in [0.4, 0.5) is 10.1 Å². The fourth-order valence-electron chi connectivity index (χ4n) is 2.82. The number of aromatic nitrogens is 2. The molecule has 0 saturated heterocycles. The molecule has 0 spiro atoms. The highest BCUT2D eigenvalue weighted by molar-refractivity contribution is 6.13. The van der Waals surface area contributed by atoms with E-state index < -0.39 is 5.82 Å². The smallest absolute Gasteiger partial charge is 0.257 e. The molecule has 1 fully saturated rings. The number of pyridine rings is 1. The van der Waals surface area contributed by atoms with E-state index in [9.17, 15) is 9.18 Å². The van der Waals surface area contributed by atoms with E-state index in [2.05, 4.69) is 14.9 Å². The van der Waals surface area contributed by atoms with Crippen LogP contribution in [0.25, 0.3) is 10.9 Å². The summed E-state index contributed by atoms with van der Waals surface area (Å²) in [5.74, 6) is -0.136. The van der Waals surface area contributed by atoms with Crippen LogP contribution in [0.1, 0.15) is 23.2 Å². The summed E-state index contributed by atoms with van der Waals surface area (Å²) in [4.78, 5) is 16.3. The maximum absolute atomic E-state index is 13.7. The van der Waals surface area contributed by atoms with Gasteiger partial charge in [-0.1, -0.05) is 18.2 Å². The minimum absolute atomic E-state index is 0.143. The van der Waals surface area contributed by atoms with Gasteiger partial charge in [0, 0.05) is 29.8 Å². The lowest BCUT2D eigenvalue weighted by Gasteiger charge is -2.04. The number of halogens is 1. The van der Waals surface area contributed by atoms with E-state index >= 15 is 0 Å². The highest BCUT2D eigenvalue weighted by Gasteiger charge is 2.24. The number of benzene rings is 1. The molecule has 23 heavy (non-hydrogen) atoms. The van der Waals surface area contributed by atoms with Gasteiger partial charge in [-0.3, -0.25) is 9.78 Å². The average molecular weight is 309 g/mol. The molecule has 0 radical (unpaired) electrons. The molecule has 0 aliphatic heterocycles. The van der Waals surface area contributed by atoms with Gasteiger partial charge in [-0.25, -0.2) is 4.39 Å². The normalized spacial score (nSPS) is 14.1. The van der Waals surface area contributed by atoms with Gasteiger partial charge >= 0.3 is 0 Å². The number of carbonyl (C=O) groups is 1. The predicted octanol–water partition coefficient (Wildman–Crippen LogP) is 3.84. The van der Waals surface area contributed by atoms with E-state index in [1.807, 2.05) is 30.5 Å². The molecule has 0 bridgehead atoms. The standard InChI is InChI=1S/C18H16FN3O/c19-15-9-20-8-7-16(15)21-18(23)14-11-22(10-12-5-6-12)17-4-2-1-3-13(14)17/h1-4,7-9,11-12H,5-6,10H2,(H,20,21,23). The number of anilines is 1. The van der Waals surface area contributed by atoms with Crippen molar-refractivity contribution in [3.05, 3.63) is 60.3 Å². The fourth-order valence-corrected chi connectivity index (χ4v) is 2.82. The highest BCUT2D eigenvalue weighted by Crippen LogP contribution is 2.33. The number of hydrogen-bond donors (Lipinski definition) is 1. The second-order valence-electron chi connectivity index (χ2n) is 5.97. The molecule has 1 aliphatic carbocycles. The Morgan fingerprint density at radius 2 is 2.13 bits per heavy atom. The first kappa shape index (κ1) is 13.9. The third-order valence-electron chi connectivity index (χ3n) is 4.21. The van der Waals surface area contributed by atoms with Crippen molar-refractivity contribution >= 4 is 22.5 Å². The van der Waals surface area contributed by atoms with Crippen molar-refractivity contribution in [3.63, 3.8) is 0 Å². The van der Waals surface area contributed by atoms with Crippen LogP contribution in [-0.2, 0) is 6.54 Å². The third-order valence-corrected chi connectivity index (χ3v) is 4.21. The number of amides is 1. The van der Waals surface area contributed by atoms with Crippen LogP contribution in [0.15, 0.2) is 48.9 Å². The molecule has 116 valence electrons. The second-order valence-corrected chi connectivity index (χ2v) is 5.97. The van der Waals surface area contributed by atoms with Crippen molar-refractivity contribution in [1.82, 2.24) is 9.55 Å². The SMILES string of the molecule is O=C(Nc1ccncc1F)c1cn(CC2CC2)c2ccccc12. The van der Waals surface area contributed by atoms with Crippen molar-refractivity contribution in [2.45, 2.75) is 19.4 Å². The first-order valence-electron chi connectivity index (χ1n) is 7.71. The lowest BCUT2D eigenvalue weighted by atomic mass is 10.1.